The smallest absolute Gasteiger partial charge is 0.287 e. The van der Waals surface area contributed by atoms with Gasteiger partial charge >= 0.3 is 0 Å². The van der Waals surface area contributed by atoms with Gasteiger partial charge in [0, 0.05) is 12.1 Å². The Bertz CT molecular complexity index is 918. The Morgan fingerprint density at radius 1 is 1.00 bits per heavy atom. The van der Waals surface area contributed by atoms with Gasteiger partial charge in [-0.25, -0.2) is 0 Å². The average Bonchev–Trinajstić information content (AvgIpc) is 3.19. The lowest BCUT2D eigenvalue weighted by Gasteiger charge is -2.19. The van der Waals surface area contributed by atoms with Crippen LogP contribution in [0.15, 0.2) is 71.3 Å². The number of furan rings is 1. The van der Waals surface area contributed by atoms with Crippen LogP contribution in [-0.2, 0) is 11.2 Å². The van der Waals surface area contributed by atoms with Crippen molar-refractivity contribution in [2.45, 2.75) is 26.3 Å². The number of benzene rings is 2. The quantitative estimate of drug-likeness (QED) is 0.699. The van der Waals surface area contributed by atoms with E-state index in [9.17, 15) is 9.59 Å². The standard InChI is InChI=1S/C22H22N2O3/c1-15-10-11-18(16(2)13-15)23-21(25)19(14-17-7-4-3-5-8-17)24-22(26)20-9-6-12-27-20/h3-13,19H,14H2,1-2H3,(H,23,25)(H,24,26). The first kappa shape index (κ1) is 18.5. The van der Waals surface area contributed by atoms with E-state index in [0.717, 1.165) is 22.4 Å². The van der Waals surface area contributed by atoms with Gasteiger partial charge < -0.3 is 15.1 Å². The van der Waals surface area contributed by atoms with E-state index in [1.807, 2.05) is 62.4 Å². The summed E-state index contributed by atoms with van der Waals surface area (Å²) in [6.07, 6.45) is 1.81. The minimum Gasteiger partial charge on any atom is -0.459 e. The molecular weight excluding hydrogens is 340 g/mol. The van der Waals surface area contributed by atoms with Crippen LogP contribution in [0, 0.1) is 13.8 Å². The second-order valence-electron chi connectivity index (χ2n) is 6.50. The second kappa shape index (κ2) is 8.36. The van der Waals surface area contributed by atoms with E-state index < -0.39 is 11.9 Å². The lowest BCUT2D eigenvalue weighted by atomic mass is 10.0. The van der Waals surface area contributed by atoms with Gasteiger partial charge in [-0.3, -0.25) is 9.59 Å². The minimum absolute atomic E-state index is 0.173. The molecule has 27 heavy (non-hydrogen) atoms. The van der Waals surface area contributed by atoms with Crippen LogP contribution in [0.1, 0.15) is 27.2 Å². The van der Waals surface area contributed by atoms with Crippen molar-refractivity contribution in [1.29, 1.82) is 0 Å². The van der Waals surface area contributed by atoms with Crippen LogP contribution < -0.4 is 10.6 Å². The lowest BCUT2D eigenvalue weighted by molar-refractivity contribution is -0.118. The number of rotatable bonds is 6. The fourth-order valence-electron chi connectivity index (χ4n) is 2.87. The van der Waals surface area contributed by atoms with E-state index in [1.165, 1.54) is 6.26 Å². The average molecular weight is 362 g/mol. The molecule has 1 heterocycles. The van der Waals surface area contributed by atoms with Gasteiger partial charge in [0.05, 0.1) is 6.26 Å². The second-order valence-corrected chi connectivity index (χ2v) is 6.50. The summed E-state index contributed by atoms with van der Waals surface area (Å²) in [7, 11) is 0. The SMILES string of the molecule is Cc1ccc(NC(=O)C(Cc2ccccc2)NC(=O)c2ccco2)c(C)c1. The fourth-order valence-corrected chi connectivity index (χ4v) is 2.87. The third-order valence-electron chi connectivity index (χ3n) is 4.29. The van der Waals surface area contributed by atoms with Gasteiger partial charge in [-0.1, -0.05) is 48.0 Å². The van der Waals surface area contributed by atoms with Gasteiger partial charge in [0.2, 0.25) is 5.91 Å². The molecule has 3 aromatic rings. The van der Waals surface area contributed by atoms with Gasteiger partial charge in [-0.2, -0.15) is 0 Å². The largest absolute Gasteiger partial charge is 0.459 e. The summed E-state index contributed by atoms with van der Waals surface area (Å²) in [4.78, 5) is 25.3. The Morgan fingerprint density at radius 3 is 2.44 bits per heavy atom. The molecular formula is C22H22N2O3. The third-order valence-corrected chi connectivity index (χ3v) is 4.29. The number of amides is 2. The summed E-state index contributed by atoms with van der Waals surface area (Å²) in [6, 6.07) is 17.9. The molecule has 0 saturated carbocycles. The van der Waals surface area contributed by atoms with Crippen molar-refractivity contribution >= 4 is 17.5 Å². The first-order valence-corrected chi connectivity index (χ1v) is 8.79. The molecule has 1 atom stereocenters. The van der Waals surface area contributed by atoms with Crippen molar-refractivity contribution in [3.8, 4) is 0 Å². The Kier molecular flexibility index (Phi) is 5.71. The van der Waals surface area contributed by atoms with E-state index in [1.54, 1.807) is 12.1 Å². The molecule has 1 aromatic heterocycles. The van der Waals surface area contributed by atoms with Crippen LogP contribution in [0.25, 0.3) is 0 Å². The third kappa shape index (κ3) is 4.85. The minimum atomic E-state index is -0.731. The van der Waals surface area contributed by atoms with Crippen molar-refractivity contribution < 1.29 is 14.0 Å². The Labute approximate surface area is 158 Å². The Balaban J connectivity index is 1.79. The molecule has 0 bridgehead atoms. The van der Waals surface area contributed by atoms with Crippen LogP contribution >= 0.6 is 0 Å². The number of carbonyl (C=O) groups excluding carboxylic acids is 2. The zero-order valence-corrected chi connectivity index (χ0v) is 15.4. The summed E-state index contributed by atoms with van der Waals surface area (Å²) in [5.74, 6) is -0.519. The molecule has 138 valence electrons. The topological polar surface area (TPSA) is 71.3 Å². The van der Waals surface area contributed by atoms with Crippen molar-refractivity contribution in [2.75, 3.05) is 5.32 Å². The van der Waals surface area contributed by atoms with Crippen molar-refractivity contribution in [1.82, 2.24) is 5.32 Å². The van der Waals surface area contributed by atoms with E-state index in [4.69, 9.17) is 4.42 Å². The maximum absolute atomic E-state index is 12.9. The summed E-state index contributed by atoms with van der Waals surface area (Å²) in [5, 5.41) is 5.70. The molecule has 1 unspecified atom stereocenters. The molecule has 0 spiro atoms. The van der Waals surface area contributed by atoms with Crippen LogP contribution in [0.3, 0.4) is 0 Å². The lowest BCUT2D eigenvalue weighted by Crippen LogP contribution is -2.45. The van der Waals surface area contributed by atoms with Crippen molar-refractivity contribution in [3.05, 3.63) is 89.4 Å². The molecule has 0 aliphatic carbocycles. The molecule has 0 aliphatic rings. The molecule has 2 N–H and O–H groups in total. The van der Waals surface area contributed by atoms with Gasteiger partial charge in [0.15, 0.2) is 5.76 Å². The van der Waals surface area contributed by atoms with Gasteiger partial charge in [-0.15, -0.1) is 0 Å². The van der Waals surface area contributed by atoms with Crippen LogP contribution in [0.4, 0.5) is 5.69 Å². The van der Waals surface area contributed by atoms with E-state index in [-0.39, 0.29) is 11.7 Å². The highest BCUT2D eigenvalue weighted by molar-refractivity contribution is 6.00. The predicted octanol–water partition coefficient (Wildman–Crippen LogP) is 3.88. The highest BCUT2D eigenvalue weighted by atomic mass is 16.3. The Hall–Kier alpha value is -3.34. The zero-order chi connectivity index (χ0) is 19.2. The molecule has 2 amide bonds. The van der Waals surface area contributed by atoms with Gasteiger partial charge in [0.1, 0.15) is 6.04 Å². The molecule has 3 rings (SSSR count). The number of anilines is 1. The fraction of sp³-hybridized carbons (Fsp3) is 0.182. The maximum atomic E-state index is 12.9. The van der Waals surface area contributed by atoms with Crippen molar-refractivity contribution in [3.63, 3.8) is 0 Å². The first-order valence-electron chi connectivity index (χ1n) is 8.79. The van der Waals surface area contributed by atoms with Gasteiger partial charge in [0.25, 0.3) is 5.91 Å². The molecule has 0 aliphatic heterocycles. The van der Waals surface area contributed by atoms with Crippen LogP contribution in [0.5, 0.6) is 0 Å². The van der Waals surface area contributed by atoms with E-state index >= 15 is 0 Å². The Morgan fingerprint density at radius 2 is 1.78 bits per heavy atom. The number of hydrogen-bond donors (Lipinski definition) is 2. The molecule has 5 nitrogen and oxygen atoms in total. The summed E-state index contributed by atoms with van der Waals surface area (Å²) >= 11 is 0. The summed E-state index contributed by atoms with van der Waals surface area (Å²) in [6.45, 7) is 3.94. The number of aryl methyl sites for hydroxylation is 2. The van der Waals surface area contributed by atoms with Crippen molar-refractivity contribution in [2.24, 2.45) is 0 Å². The molecule has 0 radical (unpaired) electrons. The zero-order valence-electron chi connectivity index (χ0n) is 15.4. The summed E-state index contributed by atoms with van der Waals surface area (Å²) < 4.78 is 5.13. The summed E-state index contributed by atoms with van der Waals surface area (Å²) in [5.41, 5.74) is 3.78. The normalized spacial score (nSPS) is 11.6. The highest BCUT2D eigenvalue weighted by Gasteiger charge is 2.23. The highest BCUT2D eigenvalue weighted by Crippen LogP contribution is 2.17. The van der Waals surface area contributed by atoms with Gasteiger partial charge in [-0.05, 0) is 43.2 Å². The number of carbonyl (C=O) groups is 2. The van der Waals surface area contributed by atoms with Crippen LogP contribution in [-0.4, -0.2) is 17.9 Å². The molecule has 0 fully saturated rings. The molecule has 5 heteroatoms. The monoisotopic (exact) mass is 362 g/mol. The number of hydrogen-bond acceptors (Lipinski definition) is 3. The molecule has 0 saturated heterocycles. The maximum Gasteiger partial charge on any atom is 0.287 e. The predicted molar refractivity (Wildman–Crippen MR) is 105 cm³/mol. The van der Waals surface area contributed by atoms with E-state index in [2.05, 4.69) is 10.6 Å². The first-order chi connectivity index (χ1) is 13.0. The number of nitrogens with one attached hydrogen (secondary N) is 2. The molecule has 2 aromatic carbocycles. The van der Waals surface area contributed by atoms with Crippen LogP contribution in [0.2, 0.25) is 0 Å². The van der Waals surface area contributed by atoms with E-state index in [0.29, 0.717) is 6.42 Å².